The van der Waals surface area contributed by atoms with Gasteiger partial charge >= 0.3 is 5.97 Å². The molecule has 0 fully saturated rings. The van der Waals surface area contributed by atoms with E-state index in [-0.39, 0.29) is 18.9 Å². The zero-order valence-electron chi connectivity index (χ0n) is 20.3. The van der Waals surface area contributed by atoms with Crippen molar-refractivity contribution in [1.82, 2.24) is 15.5 Å². The number of aliphatic carboxylic acids is 1. The van der Waals surface area contributed by atoms with E-state index in [0.29, 0.717) is 11.1 Å². The van der Waals surface area contributed by atoms with Crippen LogP contribution in [0.4, 0.5) is 0 Å². The number of hydrogen-bond acceptors (Lipinski definition) is 5. The number of nitrogens with one attached hydrogen (secondary N) is 2. The van der Waals surface area contributed by atoms with Crippen molar-refractivity contribution in [2.75, 3.05) is 6.54 Å². The minimum Gasteiger partial charge on any atom is -0.480 e. The molecule has 9 heteroatoms. The molecular formula is C29H25N3O5S. The topological polar surface area (TPSA) is 116 Å². The minimum atomic E-state index is -1.16. The maximum atomic E-state index is 13.3. The summed E-state index contributed by atoms with van der Waals surface area (Å²) in [5, 5.41) is 17.7. The maximum Gasteiger partial charge on any atom is 0.326 e. The van der Waals surface area contributed by atoms with E-state index in [1.165, 1.54) is 16.2 Å². The lowest BCUT2D eigenvalue weighted by molar-refractivity contribution is -0.141. The molecule has 0 saturated carbocycles. The second-order valence-corrected chi connectivity index (χ2v) is 9.96. The molecule has 3 N–H and O–H groups in total. The van der Waals surface area contributed by atoms with E-state index in [2.05, 4.69) is 10.6 Å². The highest BCUT2D eigenvalue weighted by Crippen LogP contribution is 2.35. The third-order valence-corrected chi connectivity index (χ3v) is 7.56. The van der Waals surface area contributed by atoms with Gasteiger partial charge in [-0.15, -0.1) is 11.3 Å². The monoisotopic (exact) mass is 527 g/mol. The van der Waals surface area contributed by atoms with Gasteiger partial charge in [0.25, 0.3) is 5.91 Å². The summed E-state index contributed by atoms with van der Waals surface area (Å²) < 4.78 is 1.04. The number of fused-ring (bicyclic) bond motifs is 2. The first kappa shape index (κ1) is 25.2. The normalized spacial score (nSPS) is 15.2. The lowest BCUT2D eigenvalue weighted by Crippen LogP contribution is -2.48. The Labute approximate surface area is 222 Å². The van der Waals surface area contributed by atoms with Crippen molar-refractivity contribution in [1.29, 1.82) is 0 Å². The van der Waals surface area contributed by atoms with Crippen molar-refractivity contribution in [2.24, 2.45) is 0 Å². The number of rotatable bonds is 9. The van der Waals surface area contributed by atoms with E-state index in [0.717, 1.165) is 21.2 Å². The molecule has 3 amide bonds. The number of hydrogen-bond donors (Lipinski definition) is 3. The van der Waals surface area contributed by atoms with E-state index < -0.39 is 36.4 Å². The Kier molecular flexibility index (Phi) is 7.19. The Balaban J connectivity index is 1.26. The van der Waals surface area contributed by atoms with Gasteiger partial charge in [0.2, 0.25) is 11.8 Å². The first-order chi connectivity index (χ1) is 18.4. The predicted molar refractivity (Wildman–Crippen MR) is 144 cm³/mol. The van der Waals surface area contributed by atoms with Crippen LogP contribution in [0.1, 0.15) is 33.1 Å². The Morgan fingerprint density at radius 3 is 2.45 bits per heavy atom. The summed E-state index contributed by atoms with van der Waals surface area (Å²) in [5.41, 5.74) is 2.72. The van der Waals surface area contributed by atoms with Crippen molar-refractivity contribution < 1.29 is 24.3 Å². The van der Waals surface area contributed by atoms with Crippen LogP contribution in [0.3, 0.4) is 0 Å². The fourth-order valence-corrected chi connectivity index (χ4v) is 5.69. The molecule has 0 radical (unpaired) electrons. The summed E-state index contributed by atoms with van der Waals surface area (Å²) in [5.74, 6) is -2.56. The summed E-state index contributed by atoms with van der Waals surface area (Å²) in [7, 11) is 0. The van der Waals surface area contributed by atoms with Gasteiger partial charge in [0.05, 0.1) is 6.54 Å². The van der Waals surface area contributed by atoms with Crippen LogP contribution < -0.4 is 10.6 Å². The van der Waals surface area contributed by atoms with Gasteiger partial charge in [0.15, 0.2) is 0 Å². The van der Waals surface area contributed by atoms with Crippen molar-refractivity contribution in [3.8, 4) is 0 Å². The zero-order chi connectivity index (χ0) is 26.6. The van der Waals surface area contributed by atoms with Crippen LogP contribution in [0.2, 0.25) is 0 Å². The molecule has 38 heavy (non-hydrogen) atoms. The van der Waals surface area contributed by atoms with Gasteiger partial charge in [-0.1, -0.05) is 66.7 Å². The lowest BCUT2D eigenvalue weighted by Gasteiger charge is -2.25. The van der Waals surface area contributed by atoms with Gasteiger partial charge in [-0.05, 0) is 39.6 Å². The average Bonchev–Trinajstić information content (AvgIpc) is 3.46. The summed E-state index contributed by atoms with van der Waals surface area (Å²) in [6, 6.07) is 21.9. The molecule has 2 heterocycles. The van der Waals surface area contributed by atoms with Crippen LogP contribution in [-0.4, -0.2) is 46.3 Å². The van der Waals surface area contributed by atoms with E-state index in [1.54, 1.807) is 24.3 Å². The number of carboxylic acid groups (broad SMARTS) is 1. The molecule has 1 aliphatic rings. The van der Waals surface area contributed by atoms with Gasteiger partial charge < -0.3 is 20.6 Å². The smallest absolute Gasteiger partial charge is 0.326 e. The highest BCUT2D eigenvalue weighted by Gasteiger charge is 2.40. The quantitative estimate of drug-likeness (QED) is 0.308. The number of carbonyl (C=O) groups excluding carboxylic acids is 3. The lowest BCUT2D eigenvalue weighted by atomic mass is 10.0. The Morgan fingerprint density at radius 1 is 0.947 bits per heavy atom. The number of amides is 3. The number of benzene rings is 3. The summed E-state index contributed by atoms with van der Waals surface area (Å²) in [6.45, 7) is -0.187. The Morgan fingerprint density at radius 2 is 1.66 bits per heavy atom. The average molecular weight is 528 g/mol. The van der Waals surface area contributed by atoms with Crippen LogP contribution in [0.5, 0.6) is 0 Å². The summed E-state index contributed by atoms with van der Waals surface area (Å²) in [6.07, 6.45) is 0.119. The molecule has 4 aromatic rings. The van der Waals surface area contributed by atoms with Gasteiger partial charge in [-0.2, -0.15) is 0 Å². The standard InChI is InChI=1S/C29H25N3O5S/c33-25(31-23(29(36)37)14-19-17-38-24-13-7-6-10-20(19)24)15-30-27(34)26-21-11-4-5-12-22(21)28(35)32(26)16-18-8-2-1-3-9-18/h1-13,17,23,26H,14-16H2,(H,30,34)(H,31,33)(H,36,37). The molecule has 1 aromatic heterocycles. The largest absolute Gasteiger partial charge is 0.480 e. The molecule has 1 aliphatic heterocycles. The van der Waals surface area contributed by atoms with Gasteiger partial charge in [0.1, 0.15) is 12.1 Å². The highest BCUT2D eigenvalue weighted by atomic mass is 32.1. The van der Waals surface area contributed by atoms with E-state index in [4.69, 9.17) is 0 Å². The molecule has 8 nitrogen and oxygen atoms in total. The molecule has 0 spiro atoms. The third-order valence-electron chi connectivity index (χ3n) is 6.54. The fourth-order valence-electron chi connectivity index (χ4n) is 4.72. The molecule has 192 valence electrons. The number of carboxylic acids is 1. The van der Waals surface area contributed by atoms with Gasteiger partial charge in [0, 0.05) is 23.2 Å². The zero-order valence-corrected chi connectivity index (χ0v) is 21.1. The minimum absolute atomic E-state index is 0.119. The number of carbonyl (C=O) groups is 4. The second-order valence-electron chi connectivity index (χ2n) is 9.05. The maximum absolute atomic E-state index is 13.3. The first-order valence-corrected chi connectivity index (χ1v) is 13.0. The van der Waals surface area contributed by atoms with Crippen molar-refractivity contribution in [3.63, 3.8) is 0 Å². The molecule has 0 bridgehead atoms. The van der Waals surface area contributed by atoms with Crippen molar-refractivity contribution in [2.45, 2.75) is 25.0 Å². The van der Waals surface area contributed by atoms with Crippen LogP contribution in [0.15, 0.2) is 84.2 Å². The molecule has 0 saturated heterocycles. The Hall–Kier alpha value is -4.50. The van der Waals surface area contributed by atoms with E-state index in [1.807, 2.05) is 60.0 Å². The van der Waals surface area contributed by atoms with Crippen LogP contribution in [-0.2, 0) is 27.3 Å². The third kappa shape index (κ3) is 5.14. The van der Waals surface area contributed by atoms with Crippen LogP contribution in [0.25, 0.3) is 10.1 Å². The summed E-state index contributed by atoms with van der Waals surface area (Å²) in [4.78, 5) is 52.5. The second kappa shape index (κ2) is 10.9. The van der Waals surface area contributed by atoms with Crippen molar-refractivity contribution >= 4 is 45.1 Å². The molecule has 3 aromatic carbocycles. The summed E-state index contributed by atoms with van der Waals surface area (Å²) >= 11 is 1.52. The van der Waals surface area contributed by atoms with E-state index in [9.17, 15) is 24.3 Å². The fraction of sp³-hybridized carbons (Fsp3) is 0.172. The molecule has 2 unspecified atom stereocenters. The van der Waals surface area contributed by atoms with Crippen LogP contribution >= 0.6 is 11.3 Å². The predicted octanol–water partition coefficient (Wildman–Crippen LogP) is 3.53. The molecule has 5 rings (SSSR count). The van der Waals surface area contributed by atoms with Gasteiger partial charge in [-0.25, -0.2) is 4.79 Å². The van der Waals surface area contributed by atoms with E-state index >= 15 is 0 Å². The van der Waals surface area contributed by atoms with Gasteiger partial charge in [-0.3, -0.25) is 14.4 Å². The van der Waals surface area contributed by atoms with Crippen molar-refractivity contribution in [3.05, 3.63) is 106 Å². The number of thiophene rings is 1. The molecule has 0 aliphatic carbocycles. The number of nitrogens with zero attached hydrogens (tertiary/aromatic N) is 1. The van der Waals surface area contributed by atoms with Crippen LogP contribution in [0, 0.1) is 0 Å². The first-order valence-electron chi connectivity index (χ1n) is 12.1. The molecule has 2 atom stereocenters. The SMILES string of the molecule is O=C(CNC(=O)C1c2ccccc2C(=O)N1Cc1ccccc1)NC(Cc1csc2ccccc12)C(=O)O. The molecular weight excluding hydrogens is 502 g/mol. The highest BCUT2D eigenvalue weighted by molar-refractivity contribution is 7.17. The Bertz CT molecular complexity index is 1520.